The minimum absolute atomic E-state index is 0.120. The molecule has 1 saturated carbocycles. The molecule has 0 spiro atoms. The topological polar surface area (TPSA) is 101 Å². The number of hydrogen-bond donors (Lipinski definition) is 2. The van der Waals surface area contributed by atoms with Gasteiger partial charge in [-0.25, -0.2) is 4.98 Å². The van der Waals surface area contributed by atoms with E-state index in [9.17, 15) is 4.79 Å². The second kappa shape index (κ2) is 8.57. The minimum Gasteiger partial charge on any atom is -0.377 e. The Morgan fingerprint density at radius 1 is 1.21 bits per heavy atom. The number of amides is 1. The molecule has 9 heteroatoms. The molecule has 0 bridgehead atoms. The number of rotatable bonds is 5. The van der Waals surface area contributed by atoms with Gasteiger partial charge in [-0.05, 0) is 49.1 Å². The van der Waals surface area contributed by atoms with Gasteiger partial charge in [0.05, 0.1) is 31.6 Å². The number of aromatic amines is 1. The number of benzene rings is 1. The van der Waals surface area contributed by atoms with Crippen molar-refractivity contribution in [2.24, 2.45) is 5.92 Å². The molecule has 3 aromatic heterocycles. The molecule has 0 radical (unpaired) electrons. The summed E-state index contributed by atoms with van der Waals surface area (Å²) in [5, 5.41) is 15.7. The van der Waals surface area contributed by atoms with Crippen LogP contribution in [0.25, 0.3) is 28.0 Å². The summed E-state index contributed by atoms with van der Waals surface area (Å²) in [6.07, 6.45) is 6.67. The maximum absolute atomic E-state index is 12.3. The van der Waals surface area contributed by atoms with E-state index in [4.69, 9.17) is 9.72 Å². The number of carbonyl (C=O) groups is 1. The van der Waals surface area contributed by atoms with E-state index >= 15 is 0 Å². The monoisotopic (exact) mass is 457 g/mol. The number of pyridine rings is 1. The predicted molar refractivity (Wildman–Crippen MR) is 130 cm³/mol. The third-order valence-electron chi connectivity index (χ3n) is 6.84. The molecule has 1 aliphatic carbocycles. The number of hydrogen-bond acceptors (Lipinski definition) is 6. The summed E-state index contributed by atoms with van der Waals surface area (Å²) >= 11 is 0. The number of ether oxygens (including phenoxy) is 1. The van der Waals surface area contributed by atoms with Crippen LogP contribution in [0.3, 0.4) is 0 Å². The van der Waals surface area contributed by atoms with Crippen LogP contribution in [0, 0.1) is 5.92 Å². The van der Waals surface area contributed by atoms with Crippen molar-refractivity contribution >= 4 is 28.4 Å². The van der Waals surface area contributed by atoms with Crippen LogP contribution in [0.5, 0.6) is 0 Å². The highest BCUT2D eigenvalue weighted by Gasteiger charge is 2.26. The molecule has 1 atom stereocenters. The molecule has 6 rings (SSSR count). The zero-order valence-corrected chi connectivity index (χ0v) is 19.1. The number of H-pyrrole nitrogens is 1. The van der Waals surface area contributed by atoms with E-state index in [1.807, 2.05) is 36.5 Å². The first-order chi connectivity index (χ1) is 16.7. The molecule has 2 N–H and O–H groups in total. The lowest BCUT2D eigenvalue weighted by molar-refractivity contribution is -0.122. The SMILES string of the molecule is CC1COCCN1c1cc(-c2ccc(NC(=O)C3CCC3)cc2)c2cnn(-c3ccn[nH]3)c2n1. The predicted octanol–water partition coefficient (Wildman–Crippen LogP) is 3.77. The summed E-state index contributed by atoms with van der Waals surface area (Å²) in [5.41, 5.74) is 3.67. The lowest BCUT2D eigenvalue weighted by atomic mass is 9.85. The molecule has 1 amide bonds. The number of nitrogens with zero attached hydrogens (tertiary/aromatic N) is 5. The van der Waals surface area contributed by atoms with Crippen molar-refractivity contribution in [3.05, 3.63) is 48.8 Å². The molecule has 34 heavy (non-hydrogen) atoms. The number of nitrogens with one attached hydrogen (secondary N) is 2. The Balaban J connectivity index is 1.41. The van der Waals surface area contributed by atoms with Gasteiger partial charge in [0.2, 0.25) is 5.91 Å². The number of anilines is 2. The van der Waals surface area contributed by atoms with Crippen molar-refractivity contribution in [1.82, 2.24) is 25.0 Å². The van der Waals surface area contributed by atoms with Gasteiger partial charge >= 0.3 is 0 Å². The first-order valence-corrected chi connectivity index (χ1v) is 11.8. The van der Waals surface area contributed by atoms with Crippen molar-refractivity contribution in [2.75, 3.05) is 30.0 Å². The molecule has 4 aromatic rings. The zero-order valence-electron chi connectivity index (χ0n) is 19.1. The molecular weight excluding hydrogens is 430 g/mol. The molecular formula is C25H27N7O2. The largest absolute Gasteiger partial charge is 0.377 e. The van der Waals surface area contributed by atoms with Crippen molar-refractivity contribution in [1.29, 1.82) is 0 Å². The first-order valence-electron chi connectivity index (χ1n) is 11.8. The van der Waals surface area contributed by atoms with Crippen LogP contribution < -0.4 is 10.2 Å². The van der Waals surface area contributed by atoms with Crippen LogP contribution in [-0.4, -0.2) is 56.7 Å². The first kappa shape index (κ1) is 20.9. The molecule has 1 aromatic carbocycles. The lowest BCUT2D eigenvalue weighted by Gasteiger charge is -2.34. The molecule has 2 fully saturated rings. The van der Waals surface area contributed by atoms with Crippen molar-refractivity contribution < 1.29 is 9.53 Å². The molecule has 2 aliphatic rings. The minimum atomic E-state index is 0.120. The standard InChI is InChI=1S/C25H27N7O2/c1-16-15-34-12-11-31(16)23-13-20(21-14-27-32(24(21)29-23)22-9-10-26-30-22)17-5-7-19(8-6-17)28-25(33)18-3-2-4-18/h5-10,13-14,16,18H,2-4,11-12,15H2,1H3,(H,26,30)(H,28,33). The van der Waals surface area contributed by atoms with Gasteiger partial charge < -0.3 is 15.0 Å². The van der Waals surface area contributed by atoms with Gasteiger partial charge in [-0.1, -0.05) is 18.6 Å². The summed E-state index contributed by atoms with van der Waals surface area (Å²) in [6.45, 7) is 4.28. The summed E-state index contributed by atoms with van der Waals surface area (Å²) in [7, 11) is 0. The average Bonchev–Trinajstić information content (AvgIpc) is 3.48. The third-order valence-corrected chi connectivity index (χ3v) is 6.84. The maximum atomic E-state index is 12.3. The van der Waals surface area contributed by atoms with Crippen LogP contribution >= 0.6 is 0 Å². The van der Waals surface area contributed by atoms with Crippen LogP contribution in [-0.2, 0) is 9.53 Å². The van der Waals surface area contributed by atoms with Gasteiger partial charge in [0.15, 0.2) is 11.5 Å². The molecule has 9 nitrogen and oxygen atoms in total. The average molecular weight is 458 g/mol. The Morgan fingerprint density at radius 3 is 2.76 bits per heavy atom. The van der Waals surface area contributed by atoms with Gasteiger partial charge in [-0.2, -0.15) is 14.9 Å². The molecule has 1 saturated heterocycles. The van der Waals surface area contributed by atoms with E-state index in [2.05, 4.69) is 38.5 Å². The molecule has 1 aliphatic heterocycles. The molecule has 4 heterocycles. The van der Waals surface area contributed by atoms with Gasteiger partial charge in [0.25, 0.3) is 0 Å². The second-order valence-electron chi connectivity index (χ2n) is 9.08. The van der Waals surface area contributed by atoms with E-state index in [1.165, 1.54) is 0 Å². The van der Waals surface area contributed by atoms with Crippen LogP contribution in [0.4, 0.5) is 11.5 Å². The Bertz CT molecular complexity index is 1310. The fraction of sp³-hybridized carbons (Fsp3) is 0.360. The van der Waals surface area contributed by atoms with Crippen molar-refractivity contribution in [2.45, 2.75) is 32.2 Å². The maximum Gasteiger partial charge on any atom is 0.227 e. The summed E-state index contributed by atoms with van der Waals surface area (Å²) in [5.74, 6) is 1.93. The van der Waals surface area contributed by atoms with Gasteiger partial charge in [-0.15, -0.1) is 0 Å². The quantitative estimate of drug-likeness (QED) is 0.473. The zero-order chi connectivity index (χ0) is 23.1. The normalized spacial score (nSPS) is 18.7. The second-order valence-corrected chi connectivity index (χ2v) is 9.08. The van der Waals surface area contributed by atoms with E-state index in [0.29, 0.717) is 13.2 Å². The number of carbonyl (C=O) groups excluding carboxylic acids is 1. The molecule has 1 unspecified atom stereocenters. The van der Waals surface area contributed by atoms with Crippen LogP contribution in [0.1, 0.15) is 26.2 Å². The van der Waals surface area contributed by atoms with Crippen LogP contribution in [0.2, 0.25) is 0 Å². The van der Waals surface area contributed by atoms with E-state index in [1.54, 1.807) is 10.9 Å². The third kappa shape index (κ3) is 3.71. The van der Waals surface area contributed by atoms with Gasteiger partial charge in [-0.3, -0.25) is 9.89 Å². The summed E-state index contributed by atoms with van der Waals surface area (Å²) < 4.78 is 7.43. The van der Waals surface area contributed by atoms with Gasteiger partial charge in [0, 0.05) is 29.6 Å². The van der Waals surface area contributed by atoms with E-state index in [0.717, 1.165) is 65.3 Å². The lowest BCUT2D eigenvalue weighted by Crippen LogP contribution is -2.44. The number of morpholine rings is 1. The highest BCUT2D eigenvalue weighted by Crippen LogP contribution is 2.34. The highest BCUT2D eigenvalue weighted by molar-refractivity contribution is 5.96. The Labute approximate surface area is 197 Å². The Morgan fingerprint density at radius 2 is 2.06 bits per heavy atom. The fourth-order valence-corrected chi connectivity index (χ4v) is 4.63. The summed E-state index contributed by atoms with van der Waals surface area (Å²) in [4.78, 5) is 19.6. The highest BCUT2D eigenvalue weighted by atomic mass is 16.5. The Hall–Kier alpha value is -3.72. The van der Waals surface area contributed by atoms with Crippen molar-refractivity contribution in [3.8, 4) is 16.9 Å². The summed E-state index contributed by atoms with van der Waals surface area (Å²) in [6, 6.07) is 12.3. The van der Waals surface area contributed by atoms with E-state index in [-0.39, 0.29) is 17.9 Å². The molecule has 174 valence electrons. The fourth-order valence-electron chi connectivity index (χ4n) is 4.63. The van der Waals surface area contributed by atoms with Gasteiger partial charge in [0.1, 0.15) is 5.82 Å². The van der Waals surface area contributed by atoms with E-state index < -0.39 is 0 Å². The van der Waals surface area contributed by atoms with Crippen molar-refractivity contribution in [3.63, 3.8) is 0 Å². The number of fused-ring (bicyclic) bond motifs is 1. The number of aromatic nitrogens is 5. The smallest absolute Gasteiger partial charge is 0.227 e. The van der Waals surface area contributed by atoms with Crippen LogP contribution in [0.15, 0.2) is 48.8 Å². The Kier molecular flexibility index (Phi) is 5.26.